The molecule has 1 aromatic carbocycles. The molecule has 5 atom stereocenters. The van der Waals surface area contributed by atoms with Crippen molar-refractivity contribution in [1.29, 1.82) is 5.26 Å². The lowest BCUT2D eigenvalue weighted by molar-refractivity contribution is 0.0636. The normalized spacial score (nSPS) is 23.6. The third-order valence-corrected chi connectivity index (χ3v) is 11.5. The van der Waals surface area contributed by atoms with Gasteiger partial charge in [-0.05, 0) is 65.1 Å². The molecule has 3 saturated heterocycles. The number of hydrogen-bond donors (Lipinski definition) is 2. The number of alkyl halides is 1. The molecule has 0 spiro atoms. The first kappa shape index (κ1) is 34.8. The Morgan fingerprint density at radius 1 is 1.15 bits per heavy atom. The Balaban J connectivity index is 1.34. The largest absolute Gasteiger partial charge is 0.459 e. The highest BCUT2D eigenvalue weighted by Gasteiger charge is 2.42. The number of halogens is 3. The minimum Gasteiger partial charge on any atom is -0.459 e. The predicted octanol–water partition coefficient (Wildman–Crippen LogP) is 6.18. The van der Waals surface area contributed by atoms with Gasteiger partial charge in [-0.3, -0.25) is 15.2 Å². The van der Waals surface area contributed by atoms with Crippen LogP contribution in [0.15, 0.2) is 6.20 Å². The van der Waals surface area contributed by atoms with Gasteiger partial charge >= 0.3 is 12.1 Å². The number of amides is 1. The van der Waals surface area contributed by atoms with E-state index in [0.717, 1.165) is 43.5 Å². The second-order valence-corrected chi connectivity index (χ2v) is 16.0. The van der Waals surface area contributed by atoms with Crippen molar-refractivity contribution in [3.8, 4) is 23.3 Å². The van der Waals surface area contributed by atoms with E-state index in [1.54, 1.807) is 27.7 Å². The maximum atomic E-state index is 17.6. The van der Waals surface area contributed by atoms with Crippen LogP contribution in [0.2, 0.25) is 0 Å². The van der Waals surface area contributed by atoms with Crippen LogP contribution in [-0.2, 0) is 22.7 Å². The number of piperazine rings is 1. The maximum absolute atomic E-state index is 17.6. The number of nitrogens with zero attached hydrogens (tertiary/aromatic N) is 6. The monoisotopic (exact) mass is 736 g/mol. The van der Waals surface area contributed by atoms with Gasteiger partial charge in [-0.1, -0.05) is 0 Å². The summed E-state index contributed by atoms with van der Waals surface area (Å²) in [6.45, 7) is 9.06. The van der Waals surface area contributed by atoms with Crippen LogP contribution in [0.25, 0.3) is 32.2 Å². The Morgan fingerprint density at radius 2 is 1.88 bits per heavy atom. The first-order valence-electron chi connectivity index (χ1n) is 17.5. The minimum absolute atomic E-state index is 0.00804. The Kier molecular flexibility index (Phi) is 8.68. The summed E-state index contributed by atoms with van der Waals surface area (Å²) in [6, 6.07) is 1.67. The summed E-state index contributed by atoms with van der Waals surface area (Å²) in [6.07, 6.45) is 0.640. The molecule has 8 rings (SSSR count). The van der Waals surface area contributed by atoms with Crippen LogP contribution in [0.4, 0.5) is 28.8 Å². The van der Waals surface area contributed by atoms with Gasteiger partial charge in [-0.2, -0.15) is 15.2 Å². The van der Waals surface area contributed by atoms with Crippen molar-refractivity contribution in [2.24, 2.45) is 0 Å². The predicted molar refractivity (Wildman–Crippen MR) is 189 cm³/mol. The van der Waals surface area contributed by atoms with Crippen molar-refractivity contribution in [3.63, 3.8) is 0 Å². The summed E-state index contributed by atoms with van der Waals surface area (Å²) >= 11 is 0.835. The van der Waals surface area contributed by atoms with Crippen LogP contribution in [0, 0.1) is 23.0 Å². The average Bonchev–Trinajstić information content (AvgIpc) is 3.84. The molecule has 7 heterocycles. The Labute approximate surface area is 302 Å². The Hall–Kier alpha value is -4.30. The topological polar surface area (TPSA) is 138 Å². The van der Waals surface area contributed by atoms with E-state index in [4.69, 9.17) is 19.2 Å². The zero-order valence-corrected chi connectivity index (χ0v) is 30.3. The number of fused-ring (bicyclic) bond motifs is 6. The number of rotatable bonds is 6. The van der Waals surface area contributed by atoms with Gasteiger partial charge in [0.05, 0.1) is 46.8 Å². The summed E-state index contributed by atoms with van der Waals surface area (Å²) < 4.78 is 65.7. The van der Waals surface area contributed by atoms with Gasteiger partial charge < -0.3 is 24.4 Å². The second kappa shape index (κ2) is 13.0. The van der Waals surface area contributed by atoms with Gasteiger partial charge in [0.15, 0.2) is 11.6 Å². The molecule has 0 saturated carbocycles. The van der Waals surface area contributed by atoms with Crippen LogP contribution in [0.5, 0.6) is 6.01 Å². The molecule has 4 aromatic rings. The Bertz CT molecular complexity index is 2130. The molecule has 16 heteroatoms. The molecule has 4 aliphatic rings. The summed E-state index contributed by atoms with van der Waals surface area (Å²) in [5.74, 6) is -0.973. The molecule has 2 bridgehead atoms. The molecule has 274 valence electrons. The number of aromatic nitrogens is 3. The fraction of sp³-hybridized carbons (Fsp3) is 0.528. The maximum Gasteiger partial charge on any atom is 0.412 e. The lowest BCUT2D eigenvalue weighted by Gasteiger charge is -2.37. The molecule has 0 radical (unpaired) electrons. The van der Waals surface area contributed by atoms with E-state index >= 15 is 13.2 Å². The van der Waals surface area contributed by atoms with E-state index < -0.39 is 41.6 Å². The minimum atomic E-state index is -1.10. The van der Waals surface area contributed by atoms with Crippen LogP contribution >= 0.6 is 11.3 Å². The number of nitriles is 1. The molecule has 12 nitrogen and oxygen atoms in total. The SMILES string of the molecule is CC(Oc1nc(N2C3CCC2CNC3)c2c3c(c(-c4ncc(F)c5sc(NC(=O)OC(C)(C)C)c(C#N)c45)c(F)c2n1)COC3)[C@@H]1[C@@H](F)CCN1C. The van der Waals surface area contributed by atoms with Crippen molar-refractivity contribution >= 4 is 49.2 Å². The van der Waals surface area contributed by atoms with Crippen LogP contribution in [-0.4, -0.2) is 88.6 Å². The van der Waals surface area contributed by atoms with E-state index in [9.17, 15) is 10.1 Å². The van der Waals surface area contributed by atoms with E-state index in [-0.39, 0.29) is 68.7 Å². The standard InChI is InChI=1S/C36H39F3N8O4S/c1-16(30-22(37)8-9-46(30)5)50-34-43-29-26(32(44-34)47-17-6-7-18(47)12-41-11-17)21-15-49-14-20(21)24(27(29)39)28-25-19(10-40)33(45-35(48)51-36(2,3)4)52-31(25)23(38)13-42-28/h13,16-18,22,30,41H,6-9,11-12,14-15H2,1-5H3,(H,45,48)/t16?,17?,18?,22-,30+/m0/s1. The second-order valence-electron chi connectivity index (χ2n) is 14.9. The van der Waals surface area contributed by atoms with Crippen molar-refractivity contribution in [3.05, 3.63) is 34.5 Å². The first-order valence-corrected chi connectivity index (χ1v) is 18.3. The first-order chi connectivity index (χ1) is 24.8. The molecule has 3 aromatic heterocycles. The van der Waals surface area contributed by atoms with Gasteiger partial charge in [0.2, 0.25) is 0 Å². The summed E-state index contributed by atoms with van der Waals surface area (Å²) in [5, 5.41) is 17.0. The number of anilines is 2. The van der Waals surface area contributed by atoms with Gasteiger partial charge in [-0.25, -0.2) is 18.0 Å². The van der Waals surface area contributed by atoms with E-state index in [1.807, 2.05) is 11.9 Å². The zero-order valence-electron chi connectivity index (χ0n) is 29.5. The molecule has 4 aliphatic heterocycles. The van der Waals surface area contributed by atoms with Crippen molar-refractivity contribution in [2.45, 2.75) is 96.2 Å². The van der Waals surface area contributed by atoms with Gasteiger partial charge in [0.1, 0.15) is 40.3 Å². The third kappa shape index (κ3) is 5.78. The average molecular weight is 737 g/mol. The van der Waals surface area contributed by atoms with Gasteiger partial charge in [0, 0.05) is 42.7 Å². The molecule has 3 unspecified atom stereocenters. The number of benzene rings is 1. The number of hydrogen-bond acceptors (Lipinski definition) is 12. The smallest absolute Gasteiger partial charge is 0.412 e. The van der Waals surface area contributed by atoms with Crippen molar-refractivity contribution < 1.29 is 32.2 Å². The lowest BCUT2D eigenvalue weighted by atomic mass is 9.93. The highest BCUT2D eigenvalue weighted by molar-refractivity contribution is 7.23. The number of thiophene rings is 1. The fourth-order valence-electron chi connectivity index (χ4n) is 8.26. The molecule has 52 heavy (non-hydrogen) atoms. The Morgan fingerprint density at radius 3 is 2.56 bits per heavy atom. The number of pyridine rings is 1. The number of likely N-dealkylation sites (tertiary alicyclic amines) is 1. The molecule has 2 N–H and O–H groups in total. The van der Waals surface area contributed by atoms with E-state index in [2.05, 4.69) is 31.6 Å². The zero-order chi connectivity index (χ0) is 36.6. The lowest BCUT2D eigenvalue weighted by Crippen LogP contribution is -2.52. The van der Waals surface area contributed by atoms with Gasteiger partial charge in [-0.15, -0.1) is 11.3 Å². The van der Waals surface area contributed by atoms with E-state index in [1.165, 1.54) is 0 Å². The van der Waals surface area contributed by atoms with Crippen LogP contribution < -0.4 is 20.3 Å². The summed E-state index contributed by atoms with van der Waals surface area (Å²) in [5.41, 5.74) is 0.221. The molecule has 3 fully saturated rings. The highest BCUT2D eigenvalue weighted by atomic mass is 32.1. The molecular formula is C36H39F3N8O4S. The highest BCUT2D eigenvalue weighted by Crippen LogP contribution is 2.48. The van der Waals surface area contributed by atoms with E-state index in [0.29, 0.717) is 35.3 Å². The summed E-state index contributed by atoms with van der Waals surface area (Å²) in [4.78, 5) is 30.8. The van der Waals surface area contributed by atoms with Gasteiger partial charge in [0.25, 0.3) is 0 Å². The van der Waals surface area contributed by atoms with Crippen LogP contribution in [0.1, 0.15) is 63.6 Å². The number of carbonyl (C=O) groups is 1. The van der Waals surface area contributed by atoms with Crippen molar-refractivity contribution in [2.75, 3.05) is 36.9 Å². The number of ether oxygens (including phenoxy) is 3. The number of nitrogens with one attached hydrogen (secondary N) is 2. The van der Waals surface area contributed by atoms with Crippen LogP contribution in [0.3, 0.4) is 0 Å². The summed E-state index contributed by atoms with van der Waals surface area (Å²) in [7, 11) is 1.84. The van der Waals surface area contributed by atoms with Crippen molar-refractivity contribution in [1.82, 2.24) is 25.2 Å². The number of likely N-dealkylation sites (N-methyl/N-ethyl adjacent to an activating group) is 1. The molecular weight excluding hydrogens is 698 g/mol. The quantitative estimate of drug-likeness (QED) is 0.235. The molecule has 1 amide bonds. The third-order valence-electron chi connectivity index (χ3n) is 10.4. The molecule has 0 aliphatic carbocycles. The number of carbonyl (C=O) groups excluding carboxylic acids is 1. The fourth-order valence-corrected chi connectivity index (χ4v) is 9.30.